The molecule has 0 aliphatic heterocycles. The van der Waals surface area contributed by atoms with Crippen LogP contribution in [-0.2, 0) is 20.2 Å². The van der Waals surface area contributed by atoms with Crippen molar-refractivity contribution in [3.63, 3.8) is 0 Å². The smallest absolute Gasteiger partial charge is 0.293 e. The summed E-state index contributed by atoms with van der Waals surface area (Å²) in [6, 6.07) is 8.03. The first-order valence-corrected chi connectivity index (χ1v) is 13.8. The highest BCUT2D eigenvalue weighted by Crippen LogP contribution is 2.45. The molecule has 2 rings (SSSR count). The second kappa shape index (κ2) is 10.6. The van der Waals surface area contributed by atoms with Crippen molar-refractivity contribution in [3.8, 4) is 5.75 Å². The van der Waals surface area contributed by atoms with Crippen LogP contribution in [0.4, 0.5) is 0 Å². The summed E-state index contributed by atoms with van der Waals surface area (Å²) in [6.45, 7) is 13.7. The van der Waals surface area contributed by atoms with Crippen LogP contribution in [0.1, 0.15) is 69.0 Å². The summed E-state index contributed by atoms with van der Waals surface area (Å²) < 4.78 is 35.6. The highest BCUT2D eigenvalue weighted by atomic mass is 32.2. The number of carbonyl (C=O) groups is 1. The summed E-state index contributed by atoms with van der Waals surface area (Å²) in [5, 5.41) is 0. The zero-order chi connectivity index (χ0) is 25.9. The van der Waals surface area contributed by atoms with Crippen molar-refractivity contribution >= 4 is 33.5 Å². The van der Waals surface area contributed by atoms with Crippen molar-refractivity contribution < 1.29 is 17.9 Å². The Morgan fingerprint density at radius 2 is 1.71 bits per heavy atom. The lowest BCUT2D eigenvalue weighted by molar-refractivity contribution is -0.128. The maximum Gasteiger partial charge on any atom is 0.293 e. The number of rotatable bonds is 10. The minimum absolute atomic E-state index is 0.0369. The first-order chi connectivity index (χ1) is 15.7. The molecule has 0 atom stereocenters. The van der Waals surface area contributed by atoms with E-state index in [2.05, 4.69) is 24.3 Å². The zero-order valence-corrected chi connectivity index (χ0v) is 23.5. The molecule has 0 spiro atoms. The molecule has 0 saturated carbocycles. The molecule has 0 aliphatic carbocycles. The van der Waals surface area contributed by atoms with Gasteiger partial charge in [-0.1, -0.05) is 46.8 Å². The van der Waals surface area contributed by atoms with E-state index in [1.165, 1.54) is 17.7 Å². The molecule has 1 heterocycles. The second-order valence-corrected chi connectivity index (χ2v) is 12.9. The van der Waals surface area contributed by atoms with Gasteiger partial charge in [0.1, 0.15) is 22.9 Å². The van der Waals surface area contributed by atoms with Crippen LogP contribution >= 0.6 is 11.3 Å². The predicted octanol–water partition coefficient (Wildman–Crippen LogP) is 5.74. The number of Topliss-reactive ketones (excluding diaryl/α,β-unsaturated/α-hetero) is 1. The highest BCUT2D eigenvalue weighted by Gasteiger charge is 2.35. The maximum atomic E-state index is 12.8. The molecule has 8 heteroatoms. The number of thiophene rings is 1. The van der Waals surface area contributed by atoms with Crippen LogP contribution in [0, 0.1) is 19.3 Å². The van der Waals surface area contributed by atoms with Gasteiger partial charge in [0.2, 0.25) is 0 Å². The van der Waals surface area contributed by atoms with E-state index in [-0.39, 0.29) is 22.0 Å². The molecule has 188 valence electrons. The standard InChI is InChI=1S/C26H38N2O4S2/c1-10-26(11-2,23-15-19(4)24(33-23)34(30,31)27-17-28(8)9)20-12-13-21(18(3)14-20)32-16-22(29)25(5,6)7/h12-15,17H,10-11,16H2,1-9H3. The molecule has 34 heavy (non-hydrogen) atoms. The Morgan fingerprint density at radius 3 is 2.21 bits per heavy atom. The zero-order valence-electron chi connectivity index (χ0n) is 21.9. The summed E-state index contributed by atoms with van der Waals surface area (Å²) >= 11 is 1.30. The third-order valence-corrected chi connectivity index (χ3v) is 9.41. The fraction of sp³-hybridized carbons (Fsp3) is 0.538. The van der Waals surface area contributed by atoms with Gasteiger partial charge in [0.05, 0.1) is 0 Å². The molecule has 0 bridgehead atoms. The molecular weight excluding hydrogens is 468 g/mol. The van der Waals surface area contributed by atoms with Crippen molar-refractivity contribution in [2.24, 2.45) is 9.81 Å². The lowest BCUT2D eigenvalue weighted by Gasteiger charge is -2.32. The maximum absolute atomic E-state index is 12.8. The van der Waals surface area contributed by atoms with Crippen LogP contribution in [0.2, 0.25) is 0 Å². The van der Waals surface area contributed by atoms with Crippen molar-refractivity contribution in [2.75, 3.05) is 20.7 Å². The Balaban J connectivity index is 2.46. The predicted molar refractivity (Wildman–Crippen MR) is 141 cm³/mol. The Labute approximate surface area is 209 Å². The Kier molecular flexibility index (Phi) is 8.75. The van der Waals surface area contributed by atoms with E-state index >= 15 is 0 Å². The van der Waals surface area contributed by atoms with E-state index in [0.717, 1.165) is 28.8 Å². The van der Waals surface area contributed by atoms with Gasteiger partial charge in [-0.25, -0.2) is 0 Å². The van der Waals surface area contributed by atoms with Gasteiger partial charge in [0.25, 0.3) is 10.0 Å². The molecule has 0 N–H and O–H groups in total. The summed E-state index contributed by atoms with van der Waals surface area (Å²) in [5.41, 5.74) is 1.98. The average Bonchev–Trinajstić information content (AvgIpc) is 3.15. The molecule has 6 nitrogen and oxygen atoms in total. The second-order valence-electron chi connectivity index (χ2n) is 9.97. The van der Waals surface area contributed by atoms with Crippen molar-refractivity contribution in [3.05, 3.63) is 45.8 Å². The minimum Gasteiger partial charge on any atom is -0.486 e. The summed E-state index contributed by atoms with van der Waals surface area (Å²) in [4.78, 5) is 14.9. The van der Waals surface area contributed by atoms with Gasteiger partial charge >= 0.3 is 0 Å². The number of aryl methyl sites for hydroxylation is 2. The topological polar surface area (TPSA) is 76.0 Å². The van der Waals surface area contributed by atoms with Crippen molar-refractivity contribution in [1.29, 1.82) is 0 Å². The lowest BCUT2D eigenvalue weighted by Crippen LogP contribution is -2.27. The third-order valence-electron chi connectivity index (χ3n) is 6.12. The van der Waals surface area contributed by atoms with Gasteiger partial charge in [-0.05, 0) is 55.5 Å². The van der Waals surface area contributed by atoms with Crippen LogP contribution in [0.15, 0.2) is 32.9 Å². The summed E-state index contributed by atoms with van der Waals surface area (Å²) in [6.07, 6.45) is 2.94. The van der Waals surface area contributed by atoms with Crippen molar-refractivity contribution in [2.45, 2.75) is 70.9 Å². The molecule has 1 aromatic carbocycles. The van der Waals surface area contributed by atoms with E-state index in [1.54, 1.807) is 19.0 Å². The highest BCUT2D eigenvalue weighted by molar-refractivity contribution is 7.92. The third kappa shape index (κ3) is 6.08. The quantitative estimate of drug-likeness (QED) is 0.303. The Bertz CT molecular complexity index is 1150. The Hall–Kier alpha value is -2.19. The number of hydrogen-bond donors (Lipinski definition) is 0. The fourth-order valence-electron chi connectivity index (χ4n) is 3.78. The molecule has 0 aliphatic rings. The molecular formula is C26H38N2O4S2. The van der Waals surface area contributed by atoms with Crippen LogP contribution in [0.3, 0.4) is 0 Å². The average molecular weight is 507 g/mol. The van der Waals surface area contributed by atoms with E-state index in [0.29, 0.717) is 11.3 Å². The van der Waals surface area contributed by atoms with Crippen LogP contribution in [0.5, 0.6) is 5.75 Å². The normalized spacial score (nSPS) is 12.9. The number of sulfonamides is 1. The molecule has 0 unspecified atom stereocenters. The van der Waals surface area contributed by atoms with Crippen LogP contribution in [0.25, 0.3) is 0 Å². The van der Waals surface area contributed by atoms with Crippen LogP contribution in [-0.4, -0.2) is 46.1 Å². The first-order valence-electron chi connectivity index (χ1n) is 11.5. The molecule has 0 radical (unpaired) electrons. The van der Waals surface area contributed by atoms with Crippen molar-refractivity contribution in [1.82, 2.24) is 4.90 Å². The summed E-state index contributed by atoms with van der Waals surface area (Å²) in [5.74, 6) is 0.735. The number of nitrogens with zero attached hydrogens (tertiary/aromatic N) is 2. The molecule has 1 aromatic heterocycles. The number of ether oxygens (including phenoxy) is 1. The van der Waals surface area contributed by atoms with Crippen LogP contribution < -0.4 is 4.74 Å². The number of hydrogen-bond acceptors (Lipinski definition) is 5. The largest absolute Gasteiger partial charge is 0.486 e. The molecule has 2 aromatic rings. The van der Waals surface area contributed by atoms with Gasteiger partial charge in [-0.3, -0.25) is 4.79 Å². The minimum atomic E-state index is -3.77. The lowest BCUT2D eigenvalue weighted by atomic mass is 9.74. The fourth-order valence-corrected chi connectivity index (χ4v) is 6.73. The number of benzene rings is 1. The van der Waals surface area contributed by atoms with Gasteiger partial charge in [-0.15, -0.1) is 15.7 Å². The molecule has 0 saturated heterocycles. The van der Waals surface area contributed by atoms with Gasteiger partial charge in [-0.2, -0.15) is 8.42 Å². The van der Waals surface area contributed by atoms with Gasteiger partial charge in [0.15, 0.2) is 5.78 Å². The van der Waals surface area contributed by atoms with E-state index in [1.807, 2.05) is 52.8 Å². The first kappa shape index (κ1) is 28.1. The molecule has 0 amide bonds. The molecule has 0 fully saturated rings. The summed E-state index contributed by atoms with van der Waals surface area (Å²) in [7, 11) is -0.301. The monoisotopic (exact) mass is 506 g/mol. The number of ketones is 1. The van der Waals surface area contributed by atoms with E-state index in [4.69, 9.17) is 4.74 Å². The van der Waals surface area contributed by atoms with Gasteiger partial charge < -0.3 is 9.64 Å². The van der Waals surface area contributed by atoms with E-state index in [9.17, 15) is 13.2 Å². The van der Waals surface area contributed by atoms with Gasteiger partial charge in [0, 0.05) is 29.8 Å². The Morgan fingerprint density at radius 1 is 1.09 bits per heavy atom. The van der Waals surface area contributed by atoms with E-state index < -0.39 is 15.4 Å². The number of carbonyl (C=O) groups excluding carboxylic acids is 1. The SMILES string of the molecule is CCC(CC)(c1ccc(OCC(=O)C(C)(C)C)c(C)c1)c1cc(C)c(S(=O)(=O)N=CN(C)C)s1.